The molecule has 3 unspecified atom stereocenters. The summed E-state index contributed by atoms with van der Waals surface area (Å²) in [6.45, 7) is 9.71. The Bertz CT molecular complexity index is 707. The van der Waals surface area contributed by atoms with Crippen LogP contribution in [0.1, 0.15) is 227 Å². The van der Waals surface area contributed by atoms with Gasteiger partial charge in [0.2, 0.25) is 5.91 Å². The Morgan fingerprint density at radius 1 is 0.469 bits per heavy atom. The summed E-state index contributed by atoms with van der Waals surface area (Å²) >= 11 is 0. The SMILES string of the molecule is CCCCCCCCCCCCCCCCOC(CC)NC(=O)CC(NC(CC)OCCCCCCCCCCCCCCCC)C(=O)O. The molecular formula is C42H84N2O5. The first kappa shape index (κ1) is 47.8. The Morgan fingerprint density at radius 2 is 0.776 bits per heavy atom. The van der Waals surface area contributed by atoms with E-state index < -0.39 is 12.0 Å². The van der Waals surface area contributed by atoms with Gasteiger partial charge in [-0.3, -0.25) is 14.9 Å². The maximum atomic E-state index is 12.7. The van der Waals surface area contributed by atoms with E-state index in [1.165, 1.54) is 154 Å². The summed E-state index contributed by atoms with van der Waals surface area (Å²) < 4.78 is 11.9. The minimum atomic E-state index is -1.04. The van der Waals surface area contributed by atoms with E-state index in [-0.39, 0.29) is 24.8 Å². The zero-order valence-corrected chi connectivity index (χ0v) is 33.1. The van der Waals surface area contributed by atoms with Crippen molar-refractivity contribution >= 4 is 11.9 Å². The fourth-order valence-corrected chi connectivity index (χ4v) is 6.46. The van der Waals surface area contributed by atoms with Crippen molar-refractivity contribution in [3.63, 3.8) is 0 Å². The van der Waals surface area contributed by atoms with Gasteiger partial charge in [-0.05, 0) is 25.7 Å². The van der Waals surface area contributed by atoms with Gasteiger partial charge in [-0.1, -0.05) is 195 Å². The number of amides is 1. The lowest BCUT2D eigenvalue weighted by Crippen LogP contribution is -2.48. The highest BCUT2D eigenvalue weighted by Gasteiger charge is 2.25. The number of ether oxygens (including phenoxy) is 2. The van der Waals surface area contributed by atoms with Gasteiger partial charge in [-0.2, -0.15) is 0 Å². The summed E-state index contributed by atoms with van der Waals surface area (Å²) in [5.74, 6) is -1.35. The van der Waals surface area contributed by atoms with Crippen molar-refractivity contribution in [3.05, 3.63) is 0 Å². The van der Waals surface area contributed by atoms with Crippen LogP contribution >= 0.6 is 0 Å². The van der Waals surface area contributed by atoms with Crippen LogP contribution in [0.3, 0.4) is 0 Å². The predicted octanol–water partition coefficient (Wildman–Crippen LogP) is 12.0. The lowest BCUT2D eigenvalue weighted by Gasteiger charge is -2.24. The molecular weight excluding hydrogens is 612 g/mol. The molecule has 0 aliphatic heterocycles. The molecule has 3 atom stereocenters. The van der Waals surface area contributed by atoms with Crippen LogP contribution in [-0.4, -0.2) is 48.7 Å². The van der Waals surface area contributed by atoms with Crippen LogP contribution < -0.4 is 10.6 Å². The number of carbonyl (C=O) groups excluding carboxylic acids is 1. The third-order valence-corrected chi connectivity index (χ3v) is 9.77. The van der Waals surface area contributed by atoms with Crippen LogP contribution in [0, 0.1) is 0 Å². The molecule has 3 N–H and O–H groups in total. The summed E-state index contributed by atoms with van der Waals surface area (Å²) in [5, 5.41) is 15.7. The number of nitrogens with one attached hydrogen (secondary N) is 2. The Kier molecular flexibility index (Phi) is 37.1. The van der Waals surface area contributed by atoms with Crippen molar-refractivity contribution in [1.82, 2.24) is 10.6 Å². The van der Waals surface area contributed by atoms with Crippen molar-refractivity contribution in [2.75, 3.05) is 13.2 Å². The topological polar surface area (TPSA) is 96.9 Å². The van der Waals surface area contributed by atoms with Gasteiger partial charge in [0.1, 0.15) is 18.5 Å². The van der Waals surface area contributed by atoms with Crippen LogP contribution in [0.2, 0.25) is 0 Å². The normalized spacial score (nSPS) is 13.4. The van der Waals surface area contributed by atoms with Crippen LogP contribution in [0.15, 0.2) is 0 Å². The first-order valence-corrected chi connectivity index (χ1v) is 21.5. The lowest BCUT2D eigenvalue weighted by molar-refractivity contribution is -0.144. The number of carboxylic acid groups (broad SMARTS) is 1. The zero-order chi connectivity index (χ0) is 36.0. The van der Waals surface area contributed by atoms with E-state index >= 15 is 0 Å². The van der Waals surface area contributed by atoms with Gasteiger partial charge in [-0.15, -0.1) is 0 Å². The largest absolute Gasteiger partial charge is 0.480 e. The predicted molar refractivity (Wildman–Crippen MR) is 208 cm³/mol. The second kappa shape index (κ2) is 38.1. The van der Waals surface area contributed by atoms with E-state index in [0.717, 1.165) is 25.7 Å². The van der Waals surface area contributed by atoms with E-state index in [2.05, 4.69) is 24.5 Å². The average Bonchev–Trinajstić information content (AvgIpc) is 3.09. The zero-order valence-electron chi connectivity index (χ0n) is 33.1. The number of carboxylic acids is 1. The number of aliphatic carboxylic acids is 1. The van der Waals surface area contributed by atoms with Crippen molar-refractivity contribution in [2.24, 2.45) is 0 Å². The Hall–Kier alpha value is -1.18. The monoisotopic (exact) mass is 697 g/mol. The van der Waals surface area contributed by atoms with E-state index in [1.54, 1.807) is 0 Å². The molecule has 0 aromatic rings. The van der Waals surface area contributed by atoms with Crippen molar-refractivity contribution in [1.29, 1.82) is 0 Å². The first-order chi connectivity index (χ1) is 24.0. The van der Waals surface area contributed by atoms with Gasteiger partial charge in [0, 0.05) is 13.2 Å². The van der Waals surface area contributed by atoms with Crippen LogP contribution in [0.4, 0.5) is 0 Å². The fraction of sp³-hybridized carbons (Fsp3) is 0.952. The molecule has 0 radical (unpaired) electrons. The molecule has 7 nitrogen and oxygen atoms in total. The molecule has 49 heavy (non-hydrogen) atoms. The molecule has 0 aromatic carbocycles. The highest BCUT2D eigenvalue weighted by molar-refractivity contribution is 5.84. The van der Waals surface area contributed by atoms with E-state index in [4.69, 9.17) is 9.47 Å². The number of hydrogen-bond acceptors (Lipinski definition) is 5. The van der Waals surface area contributed by atoms with Gasteiger partial charge in [0.25, 0.3) is 0 Å². The quantitative estimate of drug-likeness (QED) is 0.0436. The molecule has 0 aliphatic carbocycles. The molecule has 0 saturated heterocycles. The molecule has 0 fully saturated rings. The highest BCUT2D eigenvalue weighted by Crippen LogP contribution is 2.15. The van der Waals surface area contributed by atoms with E-state index in [1.807, 2.05) is 13.8 Å². The summed E-state index contributed by atoms with van der Waals surface area (Å²) in [5.41, 5.74) is 0. The van der Waals surface area contributed by atoms with Crippen LogP contribution in [0.25, 0.3) is 0 Å². The third-order valence-electron chi connectivity index (χ3n) is 9.77. The fourth-order valence-electron chi connectivity index (χ4n) is 6.46. The van der Waals surface area contributed by atoms with E-state index in [9.17, 15) is 14.7 Å². The minimum Gasteiger partial charge on any atom is -0.480 e. The molecule has 7 heteroatoms. The van der Waals surface area contributed by atoms with Gasteiger partial charge in [-0.25, -0.2) is 0 Å². The molecule has 0 bridgehead atoms. The summed E-state index contributed by atoms with van der Waals surface area (Å²) in [4.78, 5) is 24.7. The maximum Gasteiger partial charge on any atom is 0.321 e. The summed E-state index contributed by atoms with van der Waals surface area (Å²) in [7, 11) is 0. The van der Waals surface area contributed by atoms with Gasteiger partial charge < -0.3 is 19.9 Å². The molecule has 0 aliphatic rings. The number of rotatable bonds is 40. The van der Waals surface area contributed by atoms with Crippen molar-refractivity contribution < 1.29 is 24.2 Å². The lowest BCUT2D eigenvalue weighted by atomic mass is 10.0. The Morgan fingerprint density at radius 3 is 1.08 bits per heavy atom. The van der Waals surface area contributed by atoms with Crippen molar-refractivity contribution in [2.45, 2.75) is 245 Å². The third kappa shape index (κ3) is 33.7. The van der Waals surface area contributed by atoms with E-state index in [0.29, 0.717) is 26.1 Å². The molecule has 1 amide bonds. The highest BCUT2D eigenvalue weighted by atomic mass is 16.5. The minimum absolute atomic E-state index is 0.146. The van der Waals surface area contributed by atoms with Crippen LogP contribution in [0.5, 0.6) is 0 Å². The average molecular weight is 697 g/mol. The standard InChI is InChI=1S/C42H84N2O5/c1-5-9-11-13-15-17-19-21-23-25-27-29-31-33-35-48-40(7-3)43-38(42(46)47)37-39(45)44-41(8-4)49-36-34-32-30-28-26-24-22-20-18-16-14-12-10-6-2/h38,40-41,43H,5-37H2,1-4H3,(H,44,45)(H,46,47). The summed E-state index contributed by atoms with van der Waals surface area (Å²) in [6, 6.07) is -0.996. The maximum absolute atomic E-state index is 12.7. The molecule has 0 saturated carbocycles. The second-order valence-electron chi connectivity index (χ2n) is 14.6. The molecule has 292 valence electrons. The first-order valence-electron chi connectivity index (χ1n) is 21.5. The second-order valence-corrected chi connectivity index (χ2v) is 14.6. The number of hydrogen-bond donors (Lipinski definition) is 3. The molecule has 0 rings (SSSR count). The van der Waals surface area contributed by atoms with Gasteiger partial charge in [0.05, 0.1) is 6.42 Å². The molecule has 0 aromatic heterocycles. The smallest absolute Gasteiger partial charge is 0.321 e. The summed E-state index contributed by atoms with van der Waals surface area (Å²) in [6.07, 6.45) is 37.2. The molecule has 0 spiro atoms. The number of carbonyl (C=O) groups is 2. The number of unbranched alkanes of at least 4 members (excludes halogenated alkanes) is 26. The Balaban J connectivity index is 3.94. The van der Waals surface area contributed by atoms with Gasteiger partial charge >= 0.3 is 5.97 Å². The Labute approximate surface area is 304 Å². The molecule has 0 heterocycles. The van der Waals surface area contributed by atoms with Crippen LogP contribution in [-0.2, 0) is 19.1 Å². The van der Waals surface area contributed by atoms with Gasteiger partial charge in [0.15, 0.2) is 0 Å². The van der Waals surface area contributed by atoms with Crippen molar-refractivity contribution in [3.8, 4) is 0 Å².